The van der Waals surface area contributed by atoms with E-state index in [0.29, 0.717) is 25.1 Å². The molecule has 0 unspecified atom stereocenters. The molecule has 98 valence electrons. The van der Waals surface area contributed by atoms with Crippen LogP contribution in [-0.2, 0) is 11.3 Å². The fraction of sp³-hybridized carbons (Fsp3) is 0.385. The van der Waals surface area contributed by atoms with Gasteiger partial charge in [0.05, 0.1) is 0 Å². The van der Waals surface area contributed by atoms with Gasteiger partial charge in [-0.1, -0.05) is 18.2 Å². The molecule has 0 heterocycles. The van der Waals surface area contributed by atoms with Crippen molar-refractivity contribution in [3.05, 3.63) is 35.4 Å². The highest BCUT2D eigenvalue weighted by Crippen LogP contribution is 2.10. The van der Waals surface area contributed by atoms with Gasteiger partial charge in [0.15, 0.2) is 0 Å². The van der Waals surface area contributed by atoms with E-state index in [2.05, 4.69) is 0 Å². The second-order valence-corrected chi connectivity index (χ2v) is 4.26. The van der Waals surface area contributed by atoms with E-state index in [-0.39, 0.29) is 6.42 Å². The molecule has 0 aliphatic carbocycles. The zero-order chi connectivity index (χ0) is 13.5. The molecule has 3 N–H and O–H groups in total. The summed E-state index contributed by atoms with van der Waals surface area (Å²) in [6.07, 6.45) is 0.742. The topological polar surface area (TPSA) is 83.6 Å². The standard InChI is InChI=1S/C13H18N2O3/c1-15(8-4-7-12(16)17)9-10-5-2-3-6-11(10)13(14)18/h2-3,5-6H,4,7-9H2,1H3,(H2,14,18)(H,16,17). The number of carbonyl (C=O) groups is 2. The lowest BCUT2D eigenvalue weighted by Gasteiger charge is -2.17. The Morgan fingerprint density at radius 1 is 1.33 bits per heavy atom. The van der Waals surface area contributed by atoms with Gasteiger partial charge in [-0.05, 0) is 31.6 Å². The molecular formula is C13H18N2O3. The van der Waals surface area contributed by atoms with Crippen LogP contribution in [0, 0.1) is 0 Å². The molecule has 5 nitrogen and oxygen atoms in total. The second kappa shape index (κ2) is 6.76. The maximum absolute atomic E-state index is 11.2. The molecule has 0 fully saturated rings. The molecule has 5 heteroatoms. The monoisotopic (exact) mass is 250 g/mol. The zero-order valence-corrected chi connectivity index (χ0v) is 10.4. The number of rotatable bonds is 7. The number of amides is 1. The van der Waals surface area contributed by atoms with Gasteiger partial charge in [-0.15, -0.1) is 0 Å². The van der Waals surface area contributed by atoms with Gasteiger partial charge < -0.3 is 15.7 Å². The summed E-state index contributed by atoms with van der Waals surface area (Å²) in [6, 6.07) is 7.18. The smallest absolute Gasteiger partial charge is 0.303 e. The van der Waals surface area contributed by atoms with Crippen molar-refractivity contribution in [3.63, 3.8) is 0 Å². The maximum atomic E-state index is 11.2. The van der Waals surface area contributed by atoms with Crippen molar-refractivity contribution < 1.29 is 14.7 Å². The Labute approximate surface area is 106 Å². The maximum Gasteiger partial charge on any atom is 0.303 e. The molecule has 1 rings (SSSR count). The molecule has 0 spiro atoms. The predicted molar refractivity (Wildman–Crippen MR) is 68.2 cm³/mol. The summed E-state index contributed by atoms with van der Waals surface area (Å²) in [4.78, 5) is 23.6. The van der Waals surface area contributed by atoms with Crippen molar-refractivity contribution in [2.45, 2.75) is 19.4 Å². The molecule has 1 aromatic rings. The number of carboxylic acids is 1. The molecule has 0 bridgehead atoms. The van der Waals surface area contributed by atoms with Gasteiger partial charge in [0.1, 0.15) is 0 Å². The minimum absolute atomic E-state index is 0.155. The molecular weight excluding hydrogens is 232 g/mol. The minimum atomic E-state index is -0.791. The zero-order valence-electron chi connectivity index (χ0n) is 10.4. The lowest BCUT2D eigenvalue weighted by atomic mass is 10.1. The van der Waals surface area contributed by atoms with Crippen molar-refractivity contribution in [2.75, 3.05) is 13.6 Å². The number of hydrogen-bond acceptors (Lipinski definition) is 3. The Bertz CT molecular complexity index is 432. The highest BCUT2D eigenvalue weighted by Gasteiger charge is 2.09. The van der Waals surface area contributed by atoms with Crippen molar-refractivity contribution in [1.82, 2.24) is 4.90 Å². The lowest BCUT2D eigenvalue weighted by Crippen LogP contribution is -2.22. The first-order valence-corrected chi connectivity index (χ1v) is 5.78. The summed E-state index contributed by atoms with van der Waals surface area (Å²) in [7, 11) is 1.89. The molecule has 0 aromatic heterocycles. The van der Waals surface area contributed by atoms with Crippen molar-refractivity contribution in [3.8, 4) is 0 Å². The molecule has 0 saturated heterocycles. The fourth-order valence-electron chi connectivity index (χ4n) is 1.77. The van der Waals surface area contributed by atoms with Gasteiger partial charge in [0.25, 0.3) is 0 Å². The first kappa shape index (κ1) is 14.2. The summed E-state index contributed by atoms with van der Waals surface area (Å²) < 4.78 is 0. The molecule has 18 heavy (non-hydrogen) atoms. The summed E-state index contributed by atoms with van der Waals surface area (Å²) in [6.45, 7) is 1.25. The quantitative estimate of drug-likeness (QED) is 0.758. The second-order valence-electron chi connectivity index (χ2n) is 4.26. The SMILES string of the molecule is CN(CCCC(=O)O)Cc1ccccc1C(N)=O. The molecule has 0 aliphatic heterocycles. The van der Waals surface area contributed by atoms with Crippen LogP contribution in [0.2, 0.25) is 0 Å². The van der Waals surface area contributed by atoms with Gasteiger partial charge in [-0.25, -0.2) is 0 Å². The van der Waals surface area contributed by atoms with E-state index < -0.39 is 11.9 Å². The third kappa shape index (κ3) is 4.55. The first-order chi connectivity index (χ1) is 8.50. The Morgan fingerprint density at radius 3 is 2.61 bits per heavy atom. The Balaban J connectivity index is 2.56. The average molecular weight is 250 g/mol. The largest absolute Gasteiger partial charge is 0.481 e. The van der Waals surface area contributed by atoms with E-state index in [1.165, 1.54) is 0 Å². The molecule has 1 amide bonds. The van der Waals surface area contributed by atoms with Crippen LogP contribution in [0.3, 0.4) is 0 Å². The van der Waals surface area contributed by atoms with E-state index in [4.69, 9.17) is 10.8 Å². The number of benzene rings is 1. The highest BCUT2D eigenvalue weighted by molar-refractivity contribution is 5.94. The van der Waals surface area contributed by atoms with Crippen LogP contribution >= 0.6 is 0 Å². The van der Waals surface area contributed by atoms with Gasteiger partial charge in [-0.3, -0.25) is 9.59 Å². The van der Waals surface area contributed by atoms with Crippen molar-refractivity contribution >= 4 is 11.9 Å². The number of carboxylic acid groups (broad SMARTS) is 1. The first-order valence-electron chi connectivity index (χ1n) is 5.78. The summed E-state index contributed by atoms with van der Waals surface area (Å²) in [5, 5.41) is 8.55. The molecule has 0 radical (unpaired) electrons. The summed E-state index contributed by atoms with van der Waals surface area (Å²) >= 11 is 0. The summed E-state index contributed by atoms with van der Waals surface area (Å²) in [5.74, 6) is -1.23. The molecule has 0 aliphatic rings. The van der Waals surface area contributed by atoms with Crippen LogP contribution in [0.5, 0.6) is 0 Å². The molecule has 0 saturated carbocycles. The van der Waals surface area contributed by atoms with Crippen LogP contribution in [0.1, 0.15) is 28.8 Å². The van der Waals surface area contributed by atoms with Gasteiger partial charge >= 0.3 is 5.97 Å². The number of nitrogens with two attached hydrogens (primary N) is 1. The normalized spacial score (nSPS) is 10.6. The number of hydrogen-bond donors (Lipinski definition) is 2. The van der Waals surface area contributed by atoms with Gasteiger partial charge in [-0.2, -0.15) is 0 Å². The predicted octanol–water partition coefficient (Wildman–Crippen LogP) is 1.08. The summed E-state index contributed by atoms with van der Waals surface area (Å²) in [5.41, 5.74) is 6.67. The van der Waals surface area contributed by atoms with Crippen molar-refractivity contribution in [1.29, 1.82) is 0 Å². The Morgan fingerprint density at radius 2 is 2.00 bits per heavy atom. The third-order valence-corrected chi connectivity index (χ3v) is 2.65. The third-order valence-electron chi connectivity index (χ3n) is 2.65. The minimum Gasteiger partial charge on any atom is -0.481 e. The number of nitrogens with zero attached hydrogens (tertiary/aromatic N) is 1. The molecule has 0 atom stereocenters. The molecule has 1 aromatic carbocycles. The number of primary amides is 1. The van der Waals surface area contributed by atoms with E-state index >= 15 is 0 Å². The lowest BCUT2D eigenvalue weighted by molar-refractivity contribution is -0.137. The van der Waals surface area contributed by atoms with Gasteiger partial charge in [0, 0.05) is 18.5 Å². The number of aliphatic carboxylic acids is 1. The van der Waals surface area contributed by atoms with Gasteiger partial charge in [0.2, 0.25) is 5.91 Å². The highest BCUT2D eigenvalue weighted by atomic mass is 16.4. The number of carbonyl (C=O) groups excluding carboxylic acids is 1. The van der Waals surface area contributed by atoms with E-state index in [0.717, 1.165) is 5.56 Å². The Hall–Kier alpha value is -1.88. The van der Waals surface area contributed by atoms with E-state index in [9.17, 15) is 9.59 Å². The van der Waals surface area contributed by atoms with Crippen LogP contribution in [-0.4, -0.2) is 35.5 Å². The Kier molecular flexibility index (Phi) is 5.32. The fourth-order valence-corrected chi connectivity index (χ4v) is 1.77. The van der Waals surface area contributed by atoms with Crippen molar-refractivity contribution in [2.24, 2.45) is 5.73 Å². The average Bonchev–Trinajstić information content (AvgIpc) is 2.28. The van der Waals surface area contributed by atoms with Crippen LogP contribution in [0.15, 0.2) is 24.3 Å². The van der Waals surface area contributed by atoms with E-state index in [1.807, 2.05) is 24.1 Å². The van der Waals surface area contributed by atoms with Crippen LogP contribution in [0.25, 0.3) is 0 Å². The van der Waals surface area contributed by atoms with E-state index in [1.54, 1.807) is 12.1 Å². The van der Waals surface area contributed by atoms with Crippen LogP contribution in [0.4, 0.5) is 0 Å². The van der Waals surface area contributed by atoms with Crippen LogP contribution < -0.4 is 5.73 Å².